The van der Waals surface area contributed by atoms with Crippen LogP contribution in [0, 0.1) is 13.8 Å². The Morgan fingerprint density at radius 3 is 2.09 bits per heavy atom. The largest absolute Gasteiger partial charge is 0.326 e. The van der Waals surface area contributed by atoms with Crippen LogP contribution < -0.4 is 15.0 Å². The van der Waals surface area contributed by atoms with Crippen molar-refractivity contribution < 1.29 is 18.0 Å². The molecule has 2 amide bonds. The molecule has 0 fully saturated rings. The van der Waals surface area contributed by atoms with E-state index in [1.807, 2.05) is 13.8 Å². The second-order valence-corrected chi connectivity index (χ2v) is 10.0. The maximum absolute atomic E-state index is 13.4. The summed E-state index contributed by atoms with van der Waals surface area (Å²) in [6, 6.07) is 20.4. The maximum Gasteiger partial charge on any atom is 0.264 e. The number of nitrogens with one attached hydrogen (secondary N) is 2. The molecule has 0 unspecified atom stereocenters. The van der Waals surface area contributed by atoms with E-state index >= 15 is 0 Å². The molecule has 3 aromatic carbocycles. The third-order valence-corrected chi connectivity index (χ3v) is 6.96. The lowest BCUT2D eigenvalue weighted by molar-refractivity contribution is -0.119. The molecular formula is C26H28N4O4S. The Kier molecular flexibility index (Phi) is 8.03. The van der Waals surface area contributed by atoms with Crippen LogP contribution in [0.15, 0.2) is 82.8 Å². The van der Waals surface area contributed by atoms with E-state index in [1.165, 1.54) is 19.1 Å². The first-order valence-electron chi connectivity index (χ1n) is 10.9. The van der Waals surface area contributed by atoms with E-state index in [0.29, 0.717) is 22.6 Å². The van der Waals surface area contributed by atoms with Crippen LogP contribution in [-0.2, 0) is 19.6 Å². The number of hydrogen-bond acceptors (Lipinski definition) is 5. The van der Waals surface area contributed by atoms with Crippen LogP contribution >= 0.6 is 0 Å². The van der Waals surface area contributed by atoms with Gasteiger partial charge in [0.2, 0.25) is 5.91 Å². The summed E-state index contributed by atoms with van der Waals surface area (Å²) in [5.41, 5.74) is 6.49. The van der Waals surface area contributed by atoms with Crippen molar-refractivity contribution in [2.45, 2.75) is 32.6 Å². The van der Waals surface area contributed by atoms with Gasteiger partial charge in [-0.25, -0.2) is 13.8 Å². The summed E-state index contributed by atoms with van der Waals surface area (Å²) in [6.07, 6.45) is 0. The summed E-state index contributed by atoms with van der Waals surface area (Å²) < 4.78 is 27.9. The summed E-state index contributed by atoms with van der Waals surface area (Å²) in [7, 11) is -4.00. The number of hydrazone groups is 1. The van der Waals surface area contributed by atoms with Gasteiger partial charge in [-0.1, -0.05) is 47.5 Å². The van der Waals surface area contributed by atoms with Crippen molar-refractivity contribution in [3.63, 3.8) is 0 Å². The molecule has 0 aromatic heterocycles. The number of carbonyl (C=O) groups is 2. The van der Waals surface area contributed by atoms with E-state index in [-0.39, 0.29) is 10.8 Å². The van der Waals surface area contributed by atoms with Crippen LogP contribution in [0.25, 0.3) is 0 Å². The molecule has 3 aromatic rings. The fourth-order valence-electron chi connectivity index (χ4n) is 3.27. The van der Waals surface area contributed by atoms with Crippen molar-refractivity contribution in [3.05, 3.63) is 89.5 Å². The molecule has 0 bridgehead atoms. The van der Waals surface area contributed by atoms with Crippen molar-refractivity contribution in [1.82, 2.24) is 5.43 Å². The van der Waals surface area contributed by atoms with Crippen molar-refractivity contribution in [2.24, 2.45) is 5.10 Å². The number of nitrogens with zero attached hydrogens (tertiary/aromatic N) is 2. The summed E-state index contributed by atoms with van der Waals surface area (Å²) in [5, 5.41) is 6.82. The number of sulfonamides is 1. The van der Waals surface area contributed by atoms with E-state index in [4.69, 9.17) is 0 Å². The van der Waals surface area contributed by atoms with Gasteiger partial charge in [-0.2, -0.15) is 5.10 Å². The van der Waals surface area contributed by atoms with Crippen LogP contribution in [0.2, 0.25) is 0 Å². The molecular weight excluding hydrogens is 464 g/mol. The van der Waals surface area contributed by atoms with Crippen LogP contribution in [0.3, 0.4) is 0 Å². The minimum absolute atomic E-state index is 0.0888. The van der Waals surface area contributed by atoms with Crippen LogP contribution in [-0.4, -0.2) is 32.5 Å². The molecule has 0 spiro atoms. The minimum Gasteiger partial charge on any atom is -0.326 e. The van der Waals surface area contributed by atoms with Gasteiger partial charge in [0.05, 0.1) is 16.3 Å². The zero-order chi connectivity index (χ0) is 25.6. The van der Waals surface area contributed by atoms with E-state index in [2.05, 4.69) is 15.8 Å². The normalized spacial score (nSPS) is 11.6. The van der Waals surface area contributed by atoms with Crippen LogP contribution in [0.1, 0.15) is 30.5 Å². The van der Waals surface area contributed by atoms with Crippen LogP contribution in [0.5, 0.6) is 0 Å². The van der Waals surface area contributed by atoms with E-state index in [9.17, 15) is 18.0 Å². The number of amides is 2. The molecule has 35 heavy (non-hydrogen) atoms. The van der Waals surface area contributed by atoms with E-state index in [1.54, 1.807) is 67.6 Å². The fourth-order valence-corrected chi connectivity index (χ4v) is 4.69. The van der Waals surface area contributed by atoms with Gasteiger partial charge >= 0.3 is 0 Å². The molecule has 2 N–H and O–H groups in total. The van der Waals surface area contributed by atoms with Crippen molar-refractivity contribution in [2.75, 3.05) is 16.2 Å². The maximum atomic E-state index is 13.4. The summed E-state index contributed by atoms with van der Waals surface area (Å²) >= 11 is 0. The standard InChI is InChI=1S/C26H28N4O4S/c1-18-8-12-24(13-9-18)30(35(33,34)25-14-10-19(2)11-15-25)17-26(32)29-28-20(3)22-6-5-7-23(16-22)27-21(4)31/h5-16H,17H2,1-4H3,(H,27,31)(H,29,32)/b28-20-. The van der Waals surface area contributed by atoms with Crippen molar-refractivity contribution >= 4 is 38.9 Å². The molecule has 0 aliphatic rings. The van der Waals surface area contributed by atoms with E-state index < -0.39 is 22.5 Å². The molecule has 9 heteroatoms. The zero-order valence-electron chi connectivity index (χ0n) is 20.1. The van der Waals surface area contributed by atoms with Crippen LogP contribution in [0.4, 0.5) is 11.4 Å². The van der Waals surface area contributed by atoms with Crippen molar-refractivity contribution in [1.29, 1.82) is 0 Å². The summed E-state index contributed by atoms with van der Waals surface area (Å²) in [4.78, 5) is 24.2. The number of aryl methyl sites for hydroxylation is 2. The molecule has 0 atom stereocenters. The predicted molar refractivity (Wildman–Crippen MR) is 138 cm³/mol. The second kappa shape index (κ2) is 11.0. The van der Waals surface area contributed by atoms with E-state index in [0.717, 1.165) is 15.4 Å². The topological polar surface area (TPSA) is 108 Å². The van der Waals surface area contributed by atoms with Gasteiger partial charge in [-0.05, 0) is 62.7 Å². The van der Waals surface area contributed by atoms with Gasteiger partial charge in [0.1, 0.15) is 6.54 Å². The number of rotatable bonds is 8. The molecule has 0 saturated heterocycles. The van der Waals surface area contributed by atoms with Gasteiger partial charge < -0.3 is 5.32 Å². The first kappa shape index (κ1) is 25.6. The SMILES string of the molecule is CC(=O)Nc1cccc(/C(C)=N\NC(=O)CN(c2ccc(C)cc2)S(=O)(=O)c2ccc(C)cc2)c1. The quantitative estimate of drug-likeness (QED) is 0.366. The predicted octanol–water partition coefficient (Wildman–Crippen LogP) is 4.00. The molecule has 0 aliphatic heterocycles. The molecule has 0 aliphatic carbocycles. The third kappa shape index (κ3) is 6.77. The van der Waals surface area contributed by atoms with Gasteiger partial charge in [-0.15, -0.1) is 0 Å². The fraction of sp³-hybridized carbons (Fsp3) is 0.192. The van der Waals surface area contributed by atoms with Gasteiger partial charge in [0.25, 0.3) is 15.9 Å². The zero-order valence-corrected chi connectivity index (χ0v) is 20.9. The van der Waals surface area contributed by atoms with Gasteiger partial charge in [0, 0.05) is 12.6 Å². The minimum atomic E-state index is -4.00. The van der Waals surface area contributed by atoms with Gasteiger partial charge in [-0.3, -0.25) is 13.9 Å². The molecule has 3 rings (SSSR count). The highest BCUT2D eigenvalue weighted by atomic mass is 32.2. The van der Waals surface area contributed by atoms with Gasteiger partial charge in [0.15, 0.2) is 0 Å². The Bertz CT molecular complexity index is 1350. The highest BCUT2D eigenvalue weighted by molar-refractivity contribution is 7.92. The summed E-state index contributed by atoms with van der Waals surface area (Å²) in [5.74, 6) is -0.797. The number of hydrogen-bond donors (Lipinski definition) is 2. The summed E-state index contributed by atoms with van der Waals surface area (Å²) in [6.45, 7) is 6.43. The lowest BCUT2D eigenvalue weighted by Crippen LogP contribution is -2.39. The second-order valence-electron chi connectivity index (χ2n) is 8.15. The molecule has 0 heterocycles. The smallest absolute Gasteiger partial charge is 0.264 e. The highest BCUT2D eigenvalue weighted by Crippen LogP contribution is 2.24. The Balaban J connectivity index is 1.83. The number of benzene rings is 3. The highest BCUT2D eigenvalue weighted by Gasteiger charge is 2.27. The first-order chi connectivity index (χ1) is 16.6. The average Bonchev–Trinajstić information content (AvgIpc) is 2.81. The Labute approximate surface area is 205 Å². The molecule has 8 nitrogen and oxygen atoms in total. The molecule has 0 radical (unpaired) electrons. The third-order valence-electron chi connectivity index (χ3n) is 5.17. The molecule has 182 valence electrons. The lowest BCUT2D eigenvalue weighted by Gasteiger charge is -2.24. The van der Waals surface area contributed by atoms with Crippen molar-refractivity contribution in [3.8, 4) is 0 Å². The monoisotopic (exact) mass is 492 g/mol. The number of carbonyl (C=O) groups excluding carboxylic acids is 2. The average molecular weight is 493 g/mol. The Hall–Kier alpha value is -3.98. The Morgan fingerprint density at radius 1 is 0.886 bits per heavy atom. The Morgan fingerprint density at radius 2 is 1.49 bits per heavy atom. The lowest BCUT2D eigenvalue weighted by atomic mass is 10.1. The number of anilines is 2. The molecule has 0 saturated carbocycles. The first-order valence-corrected chi connectivity index (χ1v) is 12.4.